The van der Waals surface area contributed by atoms with Gasteiger partial charge in [-0.1, -0.05) is 6.92 Å². The van der Waals surface area contributed by atoms with Crippen LogP contribution in [0.3, 0.4) is 0 Å². The maximum atomic E-state index is 14.9. The molecule has 2 atom stereocenters. The molecule has 198 valence electrons. The number of hydrogen-bond acceptors (Lipinski definition) is 7. The molecule has 3 heterocycles. The molecule has 0 bridgehead atoms. The summed E-state index contributed by atoms with van der Waals surface area (Å²) in [5, 5.41) is 19.9. The highest BCUT2D eigenvalue weighted by atomic mass is 32.1. The van der Waals surface area contributed by atoms with Crippen molar-refractivity contribution in [1.82, 2.24) is 19.9 Å². The van der Waals surface area contributed by atoms with Crippen LogP contribution in [-0.2, 0) is 0 Å². The molecule has 4 aromatic rings. The fraction of sp³-hybridized carbons (Fsp3) is 0.308. The number of primary amides is 1. The minimum Gasteiger partial charge on any atom is -0.396 e. The number of imidazole rings is 1. The topological polar surface area (TPSA) is 135 Å². The van der Waals surface area contributed by atoms with E-state index in [2.05, 4.69) is 20.7 Å². The molecule has 0 radical (unpaired) electrons. The van der Waals surface area contributed by atoms with Gasteiger partial charge in [-0.15, -0.1) is 16.4 Å². The number of aromatic nitrogens is 3. The first-order chi connectivity index (χ1) is 18.1. The molecule has 3 aromatic heterocycles. The molecular weight excluding hydrogens is 514 g/mol. The number of nitrogens with zero attached hydrogens (tertiary/aromatic N) is 3. The van der Waals surface area contributed by atoms with E-state index in [1.165, 1.54) is 28.9 Å². The van der Waals surface area contributed by atoms with Gasteiger partial charge in [0.15, 0.2) is 11.5 Å². The molecular formula is C26H26F2N6O3S. The van der Waals surface area contributed by atoms with Crippen LogP contribution in [-0.4, -0.2) is 44.2 Å². The fourth-order valence-corrected chi connectivity index (χ4v) is 5.30. The van der Waals surface area contributed by atoms with E-state index in [0.29, 0.717) is 22.9 Å². The van der Waals surface area contributed by atoms with Gasteiger partial charge in [-0.3, -0.25) is 9.59 Å². The number of benzene rings is 1. The molecule has 1 saturated carbocycles. The van der Waals surface area contributed by atoms with E-state index >= 15 is 0 Å². The second-order valence-corrected chi connectivity index (χ2v) is 10.6. The minimum absolute atomic E-state index is 0.0401. The first-order valence-electron chi connectivity index (χ1n) is 12.1. The Hall–Kier alpha value is -3.90. The molecule has 0 spiro atoms. The van der Waals surface area contributed by atoms with Crippen LogP contribution in [0.1, 0.15) is 59.0 Å². The summed E-state index contributed by atoms with van der Waals surface area (Å²) < 4.78 is 31.3. The quantitative estimate of drug-likeness (QED) is 0.251. The molecule has 0 aliphatic heterocycles. The zero-order chi connectivity index (χ0) is 27.1. The maximum Gasteiger partial charge on any atom is 0.271 e. The number of nitrogens with two attached hydrogens (primary N) is 1. The molecule has 1 aliphatic carbocycles. The Morgan fingerprint density at radius 1 is 1.21 bits per heavy atom. The second-order valence-electron chi connectivity index (χ2n) is 9.53. The summed E-state index contributed by atoms with van der Waals surface area (Å²) in [5.41, 5.74) is 6.28. The minimum atomic E-state index is -0.816. The van der Waals surface area contributed by atoms with Crippen LogP contribution < -0.4 is 16.4 Å². The van der Waals surface area contributed by atoms with E-state index in [1.807, 2.05) is 6.92 Å². The highest BCUT2D eigenvalue weighted by Crippen LogP contribution is 2.40. The molecule has 38 heavy (non-hydrogen) atoms. The van der Waals surface area contributed by atoms with E-state index in [0.717, 1.165) is 24.2 Å². The fourth-order valence-electron chi connectivity index (χ4n) is 4.18. The van der Waals surface area contributed by atoms with Gasteiger partial charge in [-0.2, -0.15) is 0 Å². The number of anilines is 2. The number of nitrogens with one attached hydrogen (secondary N) is 2. The lowest BCUT2D eigenvalue weighted by Gasteiger charge is -2.11. The lowest BCUT2D eigenvalue weighted by atomic mass is 9.99. The normalized spacial score (nSPS) is 14.9. The summed E-state index contributed by atoms with van der Waals surface area (Å²) in [6.45, 7) is 3.37. The maximum absolute atomic E-state index is 14.9. The summed E-state index contributed by atoms with van der Waals surface area (Å²) in [6.07, 6.45) is 3.72. The number of thiophene rings is 1. The average Bonchev–Trinajstić information content (AvgIpc) is 3.52. The molecule has 1 aromatic carbocycles. The summed E-state index contributed by atoms with van der Waals surface area (Å²) in [7, 11) is 0. The highest BCUT2D eigenvalue weighted by Gasteiger charge is 2.29. The summed E-state index contributed by atoms with van der Waals surface area (Å²) >= 11 is 0.945. The third kappa shape index (κ3) is 5.09. The molecule has 9 nitrogen and oxygen atoms in total. The SMILES string of the molecule is CC(CO)c1cc(F)c(-c2cc(C(N)=O)c(Nc3ccc4nc(C(=O)NC(C)C5CC5)cn4n3)s2)c(F)c1. The first kappa shape index (κ1) is 25.7. The number of fused-ring (bicyclic) bond motifs is 1. The van der Waals surface area contributed by atoms with Gasteiger partial charge >= 0.3 is 0 Å². The van der Waals surface area contributed by atoms with Crippen LogP contribution in [0.4, 0.5) is 19.6 Å². The lowest BCUT2D eigenvalue weighted by molar-refractivity contribution is 0.0930. The molecule has 5 N–H and O–H groups in total. The van der Waals surface area contributed by atoms with Gasteiger partial charge in [0.1, 0.15) is 22.3 Å². The third-order valence-corrected chi connectivity index (χ3v) is 7.70. The Bertz CT molecular complexity index is 1520. The van der Waals surface area contributed by atoms with Crippen molar-refractivity contribution in [2.75, 3.05) is 11.9 Å². The van der Waals surface area contributed by atoms with E-state index in [1.54, 1.807) is 19.1 Å². The zero-order valence-corrected chi connectivity index (χ0v) is 21.5. The van der Waals surface area contributed by atoms with E-state index in [9.17, 15) is 23.5 Å². The van der Waals surface area contributed by atoms with Gasteiger partial charge in [0.2, 0.25) is 0 Å². The molecule has 0 saturated heterocycles. The molecule has 5 rings (SSSR count). The number of aliphatic hydroxyl groups is 1. The van der Waals surface area contributed by atoms with Crippen LogP contribution in [0.25, 0.3) is 16.1 Å². The zero-order valence-electron chi connectivity index (χ0n) is 20.7. The van der Waals surface area contributed by atoms with Crippen molar-refractivity contribution in [2.24, 2.45) is 11.7 Å². The average molecular weight is 541 g/mol. The summed E-state index contributed by atoms with van der Waals surface area (Å²) in [6, 6.07) is 6.99. The number of carbonyl (C=O) groups excluding carboxylic acids is 2. The highest BCUT2D eigenvalue weighted by molar-refractivity contribution is 7.20. The monoisotopic (exact) mass is 540 g/mol. The number of rotatable bonds is 9. The number of carbonyl (C=O) groups is 2. The van der Waals surface area contributed by atoms with Gasteiger partial charge in [0.25, 0.3) is 11.8 Å². The van der Waals surface area contributed by atoms with Crippen molar-refractivity contribution in [2.45, 2.75) is 38.6 Å². The van der Waals surface area contributed by atoms with Crippen LogP contribution in [0, 0.1) is 17.6 Å². The number of hydrogen-bond donors (Lipinski definition) is 4. The second kappa shape index (κ2) is 10.1. The van der Waals surface area contributed by atoms with Crippen LogP contribution in [0.5, 0.6) is 0 Å². The Morgan fingerprint density at radius 3 is 2.55 bits per heavy atom. The van der Waals surface area contributed by atoms with E-state index in [-0.39, 0.29) is 45.3 Å². The van der Waals surface area contributed by atoms with Crippen LogP contribution in [0.2, 0.25) is 0 Å². The van der Waals surface area contributed by atoms with Crippen LogP contribution in [0.15, 0.2) is 36.5 Å². The van der Waals surface area contributed by atoms with Crippen molar-refractivity contribution in [1.29, 1.82) is 0 Å². The molecule has 1 aliphatic rings. The van der Waals surface area contributed by atoms with Crippen molar-refractivity contribution >= 4 is 39.6 Å². The standard InChI is InChI=1S/C26H26F2N6O3S/c1-12(11-35)15-7-17(27)23(18(28)8-15)20-9-16(24(29)36)26(38-20)32-21-5-6-22-31-19(10-34(22)33-21)25(37)30-13(2)14-3-4-14/h5-10,12-14,35H,3-4,11H2,1-2H3,(H2,29,36)(H,30,37)(H,32,33). The van der Waals surface area contributed by atoms with Gasteiger partial charge < -0.3 is 21.5 Å². The smallest absolute Gasteiger partial charge is 0.271 e. The van der Waals surface area contributed by atoms with E-state index < -0.39 is 23.5 Å². The Balaban J connectivity index is 1.42. The number of amides is 2. The molecule has 1 fully saturated rings. The van der Waals surface area contributed by atoms with Crippen LogP contribution >= 0.6 is 11.3 Å². The molecule has 12 heteroatoms. The van der Waals surface area contributed by atoms with Crippen molar-refractivity contribution in [3.05, 3.63) is 65.0 Å². The lowest BCUT2D eigenvalue weighted by Crippen LogP contribution is -2.34. The van der Waals surface area contributed by atoms with Crippen molar-refractivity contribution < 1.29 is 23.5 Å². The number of halogens is 2. The summed E-state index contributed by atoms with van der Waals surface area (Å²) in [5.74, 6) is -2.33. The van der Waals surface area contributed by atoms with Gasteiger partial charge in [-0.25, -0.2) is 18.3 Å². The largest absolute Gasteiger partial charge is 0.396 e. The molecule has 2 amide bonds. The first-order valence-corrected chi connectivity index (χ1v) is 12.9. The Kier molecular flexibility index (Phi) is 6.84. The van der Waals surface area contributed by atoms with Gasteiger partial charge in [-0.05, 0) is 61.6 Å². The Morgan fingerprint density at radius 2 is 1.92 bits per heavy atom. The van der Waals surface area contributed by atoms with Gasteiger partial charge in [0.05, 0.1) is 17.3 Å². The molecule has 2 unspecified atom stereocenters. The number of aliphatic hydroxyl groups excluding tert-OH is 1. The predicted molar refractivity (Wildman–Crippen MR) is 140 cm³/mol. The van der Waals surface area contributed by atoms with Crippen molar-refractivity contribution in [3.63, 3.8) is 0 Å². The van der Waals surface area contributed by atoms with Crippen molar-refractivity contribution in [3.8, 4) is 10.4 Å². The van der Waals surface area contributed by atoms with E-state index in [4.69, 9.17) is 5.73 Å². The summed E-state index contributed by atoms with van der Waals surface area (Å²) in [4.78, 5) is 29.2. The Labute approximate surface area is 220 Å². The predicted octanol–water partition coefficient (Wildman–Crippen LogP) is 4.20. The third-order valence-electron chi connectivity index (χ3n) is 6.63. The van der Waals surface area contributed by atoms with Gasteiger partial charge in [0, 0.05) is 23.4 Å².